The van der Waals surface area contributed by atoms with Crippen LogP contribution in [-0.2, 0) is 16.6 Å². The lowest BCUT2D eigenvalue weighted by atomic mass is 10.1. The molecule has 23 heavy (non-hydrogen) atoms. The Bertz CT molecular complexity index is 922. The Morgan fingerprint density at radius 3 is 2.87 bits per heavy atom. The molecule has 3 aromatic rings. The van der Waals surface area contributed by atoms with Crippen LogP contribution >= 0.6 is 0 Å². The third-order valence-corrected chi connectivity index (χ3v) is 5.15. The van der Waals surface area contributed by atoms with Crippen LogP contribution in [-0.4, -0.2) is 34.2 Å². The highest BCUT2D eigenvalue weighted by atomic mass is 32.2. The maximum Gasteiger partial charge on any atom is 0.241 e. The van der Waals surface area contributed by atoms with Crippen LogP contribution in [0.1, 0.15) is 12.5 Å². The summed E-state index contributed by atoms with van der Waals surface area (Å²) < 4.78 is 29.7. The van der Waals surface area contributed by atoms with E-state index < -0.39 is 10.0 Å². The Kier molecular flexibility index (Phi) is 4.10. The first-order valence-corrected chi connectivity index (χ1v) is 8.65. The Morgan fingerprint density at radius 1 is 1.30 bits per heavy atom. The van der Waals surface area contributed by atoms with Gasteiger partial charge in [-0.1, -0.05) is 6.07 Å². The van der Waals surface area contributed by atoms with Gasteiger partial charge in [-0.05, 0) is 37.6 Å². The van der Waals surface area contributed by atoms with Gasteiger partial charge in [-0.25, -0.2) is 18.1 Å². The highest BCUT2D eigenvalue weighted by Crippen LogP contribution is 2.24. The number of rotatable bonds is 5. The number of aromatic nitrogens is 4. The van der Waals surface area contributed by atoms with E-state index >= 15 is 0 Å². The van der Waals surface area contributed by atoms with Crippen molar-refractivity contribution >= 4 is 20.9 Å². The molecule has 0 saturated carbocycles. The zero-order valence-corrected chi connectivity index (χ0v) is 13.7. The molecule has 2 aromatic heterocycles. The summed E-state index contributed by atoms with van der Waals surface area (Å²) in [6.45, 7) is 4.10. The molecule has 1 atom stereocenters. The van der Waals surface area contributed by atoms with Crippen LogP contribution in [0, 0.1) is 6.92 Å². The van der Waals surface area contributed by atoms with Gasteiger partial charge in [-0.3, -0.25) is 9.67 Å². The van der Waals surface area contributed by atoms with Crippen molar-refractivity contribution < 1.29 is 8.42 Å². The van der Waals surface area contributed by atoms with Crippen LogP contribution < -0.4 is 4.72 Å². The van der Waals surface area contributed by atoms with Gasteiger partial charge in [-0.15, -0.1) is 0 Å². The van der Waals surface area contributed by atoms with Crippen molar-refractivity contribution in [3.8, 4) is 0 Å². The molecule has 0 fully saturated rings. The van der Waals surface area contributed by atoms with Crippen molar-refractivity contribution in [3.63, 3.8) is 0 Å². The summed E-state index contributed by atoms with van der Waals surface area (Å²) in [6, 6.07) is 6.57. The molecular weight excluding hydrogens is 314 g/mol. The second-order valence-electron chi connectivity index (χ2n) is 5.42. The molecule has 1 N–H and O–H groups in total. The molecule has 0 unspecified atom stereocenters. The van der Waals surface area contributed by atoms with Gasteiger partial charge in [0.15, 0.2) is 0 Å². The Balaban J connectivity index is 1.92. The molecule has 120 valence electrons. The first-order chi connectivity index (χ1) is 11.0. The molecular formula is C15H17N5O2S. The first kappa shape index (κ1) is 15.6. The van der Waals surface area contributed by atoms with Crippen LogP contribution in [0.4, 0.5) is 0 Å². The van der Waals surface area contributed by atoms with Crippen molar-refractivity contribution in [1.29, 1.82) is 0 Å². The number of aryl methyl sites for hydroxylation is 1. The van der Waals surface area contributed by atoms with Crippen LogP contribution in [0.5, 0.6) is 0 Å². The van der Waals surface area contributed by atoms with Gasteiger partial charge < -0.3 is 0 Å². The highest BCUT2D eigenvalue weighted by molar-refractivity contribution is 7.89. The fourth-order valence-electron chi connectivity index (χ4n) is 2.50. The van der Waals surface area contributed by atoms with E-state index in [-0.39, 0.29) is 10.9 Å². The molecule has 1 aromatic carbocycles. The van der Waals surface area contributed by atoms with Crippen molar-refractivity contribution in [2.75, 3.05) is 0 Å². The summed E-state index contributed by atoms with van der Waals surface area (Å²) in [5, 5.41) is 4.60. The number of nitrogens with one attached hydrogen (secondary N) is 1. The zero-order chi connectivity index (χ0) is 16.4. The lowest BCUT2D eigenvalue weighted by molar-refractivity contribution is 0.493. The van der Waals surface area contributed by atoms with E-state index in [1.54, 1.807) is 48.4 Å². The van der Waals surface area contributed by atoms with Gasteiger partial charge in [0.25, 0.3) is 0 Å². The minimum Gasteiger partial charge on any atom is -0.256 e. The van der Waals surface area contributed by atoms with Crippen LogP contribution in [0.25, 0.3) is 10.9 Å². The molecule has 7 nitrogen and oxygen atoms in total. The lowest BCUT2D eigenvalue weighted by Gasteiger charge is -2.15. The topological polar surface area (TPSA) is 89.8 Å². The van der Waals surface area contributed by atoms with Gasteiger partial charge >= 0.3 is 0 Å². The van der Waals surface area contributed by atoms with Crippen LogP contribution in [0.15, 0.2) is 48.0 Å². The molecule has 3 rings (SSSR count). The largest absolute Gasteiger partial charge is 0.256 e. The number of hydrogen-bond donors (Lipinski definition) is 1. The Labute approximate surface area is 134 Å². The Morgan fingerprint density at radius 2 is 2.13 bits per heavy atom. The average molecular weight is 331 g/mol. The van der Waals surface area contributed by atoms with E-state index in [9.17, 15) is 8.42 Å². The summed E-state index contributed by atoms with van der Waals surface area (Å²) in [4.78, 5) is 8.36. The number of sulfonamides is 1. The maximum atomic E-state index is 12.7. The van der Waals surface area contributed by atoms with Gasteiger partial charge in [0.1, 0.15) is 12.7 Å². The molecule has 2 heterocycles. The zero-order valence-electron chi connectivity index (χ0n) is 12.8. The predicted octanol–water partition coefficient (Wildman–Crippen LogP) is 1.50. The van der Waals surface area contributed by atoms with Crippen molar-refractivity contribution in [3.05, 3.63) is 48.7 Å². The molecule has 0 radical (unpaired) electrons. The molecule has 0 bridgehead atoms. The average Bonchev–Trinajstić information content (AvgIpc) is 2.99. The Hall–Kier alpha value is -2.32. The fraction of sp³-hybridized carbons (Fsp3) is 0.267. The number of benzene rings is 1. The van der Waals surface area contributed by atoms with Crippen LogP contribution in [0.3, 0.4) is 0 Å². The fourth-order valence-corrected chi connectivity index (χ4v) is 3.93. The standard InChI is InChI=1S/C15H17N5O2S/c1-11-5-6-14(13-4-3-7-17-15(11)13)23(21,22)19-12(2)8-20-10-16-9-18-20/h3-7,9-10,12,19H,8H2,1-2H3/t12-/m0/s1. The van der Waals surface area contributed by atoms with Crippen molar-refractivity contribution in [2.45, 2.75) is 31.3 Å². The first-order valence-electron chi connectivity index (χ1n) is 7.16. The third kappa shape index (κ3) is 3.22. The van der Waals surface area contributed by atoms with Crippen LogP contribution in [0.2, 0.25) is 0 Å². The van der Waals surface area contributed by atoms with Crippen molar-refractivity contribution in [1.82, 2.24) is 24.5 Å². The summed E-state index contributed by atoms with van der Waals surface area (Å²) in [5.41, 5.74) is 1.63. The van der Waals surface area contributed by atoms with Gasteiger partial charge in [0, 0.05) is 17.6 Å². The quantitative estimate of drug-likeness (QED) is 0.765. The SMILES string of the molecule is Cc1ccc(S(=O)(=O)N[C@@H](C)Cn2cncn2)c2cccnc12. The normalized spacial score (nSPS) is 13.3. The molecule has 8 heteroatoms. The molecule has 0 aliphatic carbocycles. The van der Waals surface area contributed by atoms with E-state index in [1.165, 1.54) is 6.33 Å². The number of nitrogens with zero attached hydrogens (tertiary/aromatic N) is 4. The van der Waals surface area contributed by atoms with E-state index in [0.717, 1.165) is 5.56 Å². The van der Waals surface area contributed by atoms with E-state index in [2.05, 4.69) is 19.8 Å². The molecule has 0 saturated heterocycles. The van der Waals surface area contributed by atoms with Crippen molar-refractivity contribution in [2.24, 2.45) is 0 Å². The summed E-state index contributed by atoms with van der Waals surface area (Å²) >= 11 is 0. The molecule has 0 aliphatic rings. The number of fused-ring (bicyclic) bond motifs is 1. The van der Waals surface area contributed by atoms with Gasteiger partial charge in [0.05, 0.1) is 17.0 Å². The summed E-state index contributed by atoms with van der Waals surface area (Å²) in [5.74, 6) is 0. The summed E-state index contributed by atoms with van der Waals surface area (Å²) in [7, 11) is -3.66. The molecule has 0 spiro atoms. The van der Waals surface area contributed by atoms with E-state index in [1.807, 2.05) is 6.92 Å². The minimum absolute atomic E-state index is 0.233. The number of hydrogen-bond acceptors (Lipinski definition) is 5. The predicted molar refractivity (Wildman–Crippen MR) is 86.3 cm³/mol. The highest BCUT2D eigenvalue weighted by Gasteiger charge is 2.21. The summed E-state index contributed by atoms with van der Waals surface area (Å²) in [6.07, 6.45) is 4.63. The van der Waals surface area contributed by atoms with Gasteiger partial charge in [0.2, 0.25) is 10.0 Å². The maximum absolute atomic E-state index is 12.7. The molecule has 0 amide bonds. The van der Waals surface area contributed by atoms with E-state index in [4.69, 9.17) is 0 Å². The monoisotopic (exact) mass is 331 g/mol. The number of pyridine rings is 1. The smallest absolute Gasteiger partial charge is 0.241 e. The van der Waals surface area contributed by atoms with Gasteiger partial charge in [-0.2, -0.15) is 5.10 Å². The minimum atomic E-state index is -3.66. The second kappa shape index (κ2) is 6.05. The van der Waals surface area contributed by atoms with E-state index in [0.29, 0.717) is 17.4 Å². The lowest BCUT2D eigenvalue weighted by Crippen LogP contribution is -2.35. The molecule has 0 aliphatic heterocycles. The third-order valence-electron chi connectivity index (χ3n) is 3.50. The second-order valence-corrected chi connectivity index (χ2v) is 7.10.